The standard InChI is InChI=1S/C16H22N4/c17-16-15(13-8-10-18-11-9-13)14(19-20-16)7-6-12-4-2-1-3-5-12/h8-12H,1-7H2,(H3,17,19,20). The summed E-state index contributed by atoms with van der Waals surface area (Å²) < 4.78 is 0. The van der Waals surface area contributed by atoms with Crippen LogP contribution in [0.4, 0.5) is 5.82 Å². The number of nitrogens with one attached hydrogen (secondary N) is 1. The van der Waals surface area contributed by atoms with E-state index in [1.54, 1.807) is 12.4 Å². The van der Waals surface area contributed by atoms with Crippen molar-refractivity contribution < 1.29 is 0 Å². The third-order valence-electron chi connectivity index (χ3n) is 4.37. The lowest BCUT2D eigenvalue weighted by Gasteiger charge is -2.21. The molecule has 4 nitrogen and oxygen atoms in total. The summed E-state index contributed by atoms with van der Waals surface area (Å²) in [4.78, 5) is 4.06. The highest BCUT2D eigenvalue weighted by atomic mass is 15.2. The van der Waals surface area contributed by atoms with Gasteiger partial charge in [-0.1, -0.05) is 32.1 Å². The van der Waals surface area contributed by atoms with Crippen LogP contribution in [0.25, 0.3) is 11.1 Å². The fourth-order valence-corrected chi connectivity index (χ4v) is 3.24. The molecule has 3 rings (SSSR count). The lowest BCUT2D eigenvalue weighted by atomic mass is 9.85. The Balaban J connectivity index is 1.74. The molecule has 4 heteroatoms. The molecule has 2 aromatic rings. The predicted octanol–water partition coefficient (Wildman–Crippen LogP) is 3.57. The van der Waals surface area contributed by atoms with E-state index in [9.17, 15) is 0 Å². The number of anilines is 1. The molecule has 0 radical (unpaired) electrons. The van der Waals surface area contributed by atoms with Crippen LogP contribution in [-0.2, 0) is 6.42 Å². The first kappa shape index (κ1) is 13.2. The molecule has 1 fully saturated rings. The fourth-order valence-electron chi connectivity index (χ4n) is 3.24. The molecule has 2 heterocycles. The number of nitrogens with zero attached hydrogens (tertiary/aromatic N) is 2. The van der Waals surface area contributed by atoms with Gasteiger partial charge in [-0.3, -0.25) is 10.1 Å². The molecule has 1 aliphatic carbocycles. The van der Waals surface area contributed by atoms with E-state index in [0.29, 0.717) is 5.82 Å². The van der Waals surface area contributed by atoms with Crippen molar-refractivity contribution in [2.75, 3.05) is 5.73 Å². The zero-order valence-electron chi connectivity index (χ0n) is 11.8. The van der Waals surface area contributed by atoms with E-state index in [-0.39, 0.29) is 0 Å². The highest BCUT2D eigenvalue weighted by molar-refractivity contribution is 5.75. The number of hydrogen-bond donors (Lipinski definition) is 2. The number of aryl methyl sites for hydroxylation is 1. The van der Waals surface area contributed by atoms with Crippen LogP contribution in [0.5, 0.6) is 0 Å². The van der Waals surface area contributed by atoms with Crippen molar-refractivity contribution in [2.45, 2.75) is 44.9 Å². The number of aromatic nitrogens is 3. The maximum absolute atomic E-state index is 6.02. The summed E-state index contributed by atoms with van der Waals surface area (Å²) in [6, 6.07) is 3.98. The first-order chi connectivity index (χ1) is 9.84. The van der Waals surface area contributed by atoms with Gasteiger partial charge in [-0.15, -0.1) is 0 Å². The van der Waals surface area contributed by atoms with Gasteiger partial charge in [0, 0.05) is 23.7 Å². The zero-order chi connectivity index (χ0) is 13.8. The molecule has 20 heavy (non-hydrogen) atoms. The molecule has 0 atom stereocenters. The molecule has 0 amide bonds. The Kier molecular flexibility index (Phi) is 4.00. The SMILES string of the molecule is Nc1n[nH]c(CCC2CCCCC2)c1-c1ccncc1. The maximum Gasteiger partial charge on any atom is 0.153 e. The molecule has 1 aliphatic rings. The van der Waals surface area contributed by atoms with E-state index in [1.165, 1.54) is 44.2 Å². The van der Waals surface area contributed by atoms with Crippen LogP contribution in [0.1, 0.15) is 44.2 Å². The average molecular weight is 270 g/mol. The summed E-state index contributed by atoms with van der Waals surface area (Å²) in [5.41, 5.74) is 9.35. The minimum Gasteiger partial charge on any atom is -0.382 e. The first-order valence-corrected chi connectivity index (χ1v) is 7.57. The topological polar surface area (TPSA) is 67.6 Å². The number of pyridine rings is 1. The van der Waals surface area contributed by atoms with Crippen LogP contribution in [0, 0.1) is 5.92 Å². The Morgan fingerprint density at radius 3 is 2.65 bits per heavy atom. The Hall–Kier alpha value is -1.84. The van der Waals surface area contributed by atoms with Crippen molar-refractivity contribution in [1.29, 1.82) is 0 Å². The number of hydrogen-bond acceptors (Lipinski definition) is 3. The molecule has 0 saturated heterocycles. The van der Waals surface area contributed by atoms with Crippen LogP contribution >= 0.6 is 0 Å². The largest absolute Gasteiger partial charge is 0.382 e. The molecule has 1 saturated carbocycles. The van der Waals surface area contributed by atoms with Crippen molar-refractivity contribution in [2.24, 2.45) is 5.92 Å². The Morgan fingerprint density at radius 1 is 1.15 bits per heavy atom. The average Bonchev–Trinajstić information content (AvgIpc) is 2.88. The van der Waals surface area contributed by atoms with Crippen LogP contribution < -0.4 is 5.73 Å². The smallest absolute Gasteiger partial charge is 0.153 e. The second-order valence-corrected chi connectivity index (χ2v) is 5.74. The normalized spacial score (nSPS) is 16.4. The quantitative estimate of drug-likeness (QED) is 0.892. The van der Waals surface area contributed by atoms with Gasteiger partial charge >= 0.3 is 0 Å². The van der Waals surface area contributed by atoms with Gasteiger partial charge in [-0.2, -0.15) is 5.10 Å². The molecule has 0 unspecified atom stereocenters. The van der Waals surface area contributed by atoms with Crippen molar-refractivity contribution in [3.8, 4) is 11.1 Å². The van der Waals surface area contributed by atoms with Crippen molar-refractivity contribution >= 4 is 5.82 Å². The predicted molar refractivity (Wildman–Crippen MR) is 81.1 cm³/mol. The highest BCUT2D eigenvalue weighted by Gasteiger charge is 2.17. The monoisotopic (exact) mass is 270 g/mol. The minimum atomic E-state index is 0.592. The number of H-pyrrole nitrogens is 1. The summed E-state index contributed by atoms with van der Waals surface area (Å²) in [6.45, 7) is 0. The number of nitrogen functional groups attached to an aromatic ring is 1. The summed E-state index contributed by atoms with van der Waals surface area (Å²) in [6.07, 6.45) is 12.8. The summed E-state index contributed by atoms with van der Waals surface area (Å²) in [7, 11) is 0. The first-order valence-electron chi connectivity index (χ1n) is 7.57. The summed E-state index contributed by atoms with van der Waals surface area (Å²) >= 11 is 0. The summed E-state index contributed by atoms with van der Waals surface area (Å²) in [5, 5.41) is 7.31. The Morgan fingerprint density at radius 2 is 1.90 bits per heavy atom. The second-order valence-electron chi connectivity index (χ2n) is 5.74. The van der Waals surface area contributed by atoms with Crippen molar-refractivity contribution in [3.63, 3.8) is 0 Å². The lowest BCUT2D eigenvalue weighted by molar-refractivity contribution is 0.338. The van der Waals surface area contributed by atoms with Gasteiger partial charge in [0.2, 0.25) is 0 Å². The summed E-state index contributed by atoms with van der Waals surface area (Å²) in [5.74, 6) is 1.47. The van der Waals surface area contributed by atoms with E-state index >= 15 is 0 Å². The van der Waals surface area contributed by atoms with Crippen molar-refractivity contribution in [3.05, 3.63) is 30.2 Å². The van der Waals surface area contributed by atoms with Gasteiger partial charge in [0.25, 0.3) is 0 Å². The molecule has 2 aromatic heterocycles. The van der Waals surface area contributed by atoms with Gasteiger partial charge in [0.1, 0.15) is 0 Å². The number of rotatable bonds is 4. The van der Waals surface area contributed by atoms with Crippen molar-refractivity contribution in [1.82, 2.24) is 15.2 Å². The molecule has 0 bridgehead atoms. The number of nitrogens with two attached hydrogens (primary N) is 1. The van der Waals surface area contributed by atoms with Gasteiger partial charge in [0.15, 0.2) is 5.82 Å². The van der Waals surface area contributed by atoms with Crippen LogP contribution in [0.2, 0.25) is 0 Å². The fraction of sp³-hybridized carbons (Fsp3) is 0.500. The molecular formula is C16H22N4. The highest BCUT2D eigenvalue weighted by Crippen LogP contribution is 2.31. The van der Waals surface area contributed by atoms with E-state index in [0.717, 1.165) is 23.5 Å². The molecule has 0 aliphatic heterocycles. The van der Waals surface area contributed by atoms with Crippen LogP contribution in [0.15, 0.2) is 24.5 Å². The maximum atomic E-state index is 6.02. The third-order valence-corrected chi connectivity index (χ3v) is 4.37. The van der Waals surface area contributed by atoms with Crippen LogP contribution in [-0.4, -0.2) is 15.2 Å². The van der Waals surface area contributed by atoms with E-state index in [4.69, 9.17) is 5.73 Å². The molecule has 0 aromatic carbocycles. The molecular weight excluding hydrogens is 248 g/mol. The zero-order valence-corrected chi connectivity index (χ0v) is 11.8. The molecule has 106 valence electrons. The lowest BCUT2D eigenvalue weighted by Crippen LogP contribution is -2.07. The second kappa shape index (κ2) is 6.07. The molecule has 0 spiro atoms. The van der Waals surface area contributed by atoms with E-state index in [2.05, 4.69) is 15.2 Å². The number of aromatic amines is 1. The van der Waals surface area contributed by atoms with Crippen LogP contribution in [0.3, 0.4) is 0 Å². The molecule has 3 N–H and O–H groups in total. The Bertz CT molecular complexity index is 541. The van der Waals surface area contributed by atoms with Gasteiger partial charge in [0.05, 0.1) is 0 Å². The van der Waals surface area contributed by atoms with Gasteiger partial charge in [-0.25, -0.2) is 0 Å². The van der Waals surface area contributed by atoms with Gasteiger partial charge in [-0.05, 0) is 36.5 Å². The van der Waals surface area contributed by atoms with E-state index < -0.39 is 0 Å². The van der Waals surface area contributed by atoms with E-state index in [1.807, 2.05) is 12.1 Å². The Labute approximate surface area is 119 Å². The minimum absolute atomic E-state index is 0.592. The third kappa shape index (κ3) is 2.84. The van der Waals surface area contributed by atoms with Gasteiger partial charge < -0.3 is 5.73 Å².